The zero-order valence-corrected chi connectivity index (χ0v) is 15.0. The standard InChI is InChI=1S/C20H13N3O6/c1-29-16-9-11(8-15(18(16)24)23(27)28)10-21-22-19(25)13-6-2-4-12-5-3-7-14(17(12)13)20(22)26/h2-10,24H,1H3/p-1/b21-10-. The first-order valence-corrected chi connectivity index (χ1v) is 8.40. The molecule has 9 nitrogen and oxygen atoms in total. The number of ether oxygens (including phenoxy) is 1. The van der Waals surface area contributed by atoms with Gasteiger partial charge in [0.05, 0.1) is 29.4 Å². The summed E-state index contributed by atoms with van der Waals surface area (Å²) in [7, 11) is 1.21. The molecule has 0 unspecified atom stereocenters. The van der Waals surface area contributed by atoms with Gasteiger partial charge in [0.1, 0.15) is 5.75 Å². The maximum Gasteiger partial charge on any atom is 0.282 e. The Bertz CT molecular complexity index is 1180. The zero-order chi connectivity index (χ0) is 20.7. The van der Waals surface area contributed by atoms with E-state index in [1.54, 1.807) is 36.4 Å². The van der Waals surface area contributed by atoms with Crippen LogP contribution in [0.2, 0.25) is 0 Å². The Hall–Kier alpha value is -4.27. The van der Waals surface area contributed by atoms with E-state index in [1.807, 2.05) is 0 Å². The molecule has 4 rings (SSSR count). The van der Waals surface area contributed by atoms with Crippen molar-refractivity contribution in [3.63, 3.8) is 0 Å². The highest BCUT2D eigenvalue weighted by atomic mass is 16.6. The molecule has 144 valence electrons. The molecule has 0 N–H and O–H groups in total. The number of carbonyl (C=O) groups is 2. The average Bonchev–Trinajstić information content (AvgIpc) is 2.72. The van der Waals surface area contributed by atoms with Crippen LogP contribution in [0.4, 0.5) is 5.69 Å². The van der Waals surface area contributed by atoms with Crippen LogP contribution in [0.3, 0.4) is 0 Å². The second-order valence-corrected chi connectivity index (χ2v) is 6.20. The Morgan fingerprint density at radius 1 is 1.07 bits per heavy atom. The molecule has 9 heteroatoms. The highest BCUT2D eigenvalue weighted by molar-refractivity contribution is 6.25. The first-order valence-electron chi connectivity index (χ1n) is 8.40. The Balaban J connectivity index is 1.77. The van der Waals surface area contributed by atoms with Crippen molar-refractivity contribution in [3.8, 4) is 11.5 Å². The highest BCUT2D eigenvalue weighted by Gasteiger charge is 2.32. The number of hydrogen-bond donors (Lipinski definition) is 0. The Morgan fingerprint density at radius 2 is 1.69 bits per heavy atom. The van der Waals surface area contributed by atoms with E-state index in [1.165, 1.54) is 13.2 Å². The Kier molecular flexibility index (Phi) is 4.19. The van der Waals surface area contributed by atoms with Crippen LogP contribution in [0.5, 0.6) is 11.5 Å². The first kappa shape index (κ1) is 18.1. The molecule has 1 aliphatic rings. The number of nitro groups is 1. The van der Waals surface area contributed by atoms with Gasteiger partial charge in [-0.15, -0.1) is 0 Å². The van der Waals surface area contributed by atoms with Gasteiger partial charge in [-0.05, 0) is 23.6 Å². The molecule has 0 saturated heterocycles. The third-order valence-corrected chi connectivity index (χ3v) is 4.55. The van der Waals surface area contributed by atoms with E-state index in [2.05, 4.69) is 5.10 Å². The Labute approximate surface area is 163 Å². The lowest BCUT2D eigenvalue weighted by molar-refractivity contribution is -0.398. The van der Waals surface area contributed by atoms with Gasteiger partial charge in [-0.1, -0.05) is 24.3 Å². The minimum absolute atomic E-state index is 0.130. The lowest BCUT2D eigenvalue weighted by atomic mass is 9.95. The summed E-state index contributed by atoms with van der Waals surface area (Å²) in [5.74, 6) is -2.35. The number of imide groups is 1. The number of benzene rings is 3. The second-order valence-electron chi connectivity index (χ2n) is 6.20. The van der Waals surface area contributed by atoms with E-state index in [4.69, 9.17) is 4.74 Å². The van der Waals surface area contributed by atoms with Crippen LogP contribution < -0.4 is 9.84 Å². The number of amides is 2. The number of methoxy groups -OCH3 is 1. The molecule has 0 radical (unpaired) electrons. The predicted molar refractivity (Wildman–Crippen MR) is 101 cm³/mol. The van der Waals surface area contributed by atoms with Crippen LogP contribution in [0.25, 0.3) is 10.8 Å². The lowest BCUT2D eigenvalue weighted by Gasteiger charge is -2.23. The quantitative estimate of drug-likeness (QED) is 0.292. The molecule has 29 heavy (non-hydrogen) atoms. The fourth-order valence-electron chi connectivity index (χ4n) is 3.22. The molecule has 0 fully saturated rings. The van der Waals surface area contributed by atoms with Crippen molar-refractivity contribution in [2.24, 2.45) is 5.10 Å². The van der Waals surface area contributed by atoms with E-state index in [0.29, 0.717) is 21.5 Å². The fraction of sp³-hybridized carbons (Fsp3) is 0.0500. The summed E-state index contributed by atoms with van der Waals surface area (Å²) in [6, 6.07) is 12.5. The molecule has 2 amide bonds. The van der Waals surface area contributed by atoms with Crippen molar-refractivity contribution in [3.05, 3.63) is 75.3 Å². The molecule has 0 aromatic heterocycles. The molecule has 3 aromatic carbocycles. The van der Waals surface area contributed by atoms with Crippen molar-refractivity contribution in [1.82, 2.24) is 5.01 Å². The fourth-order valence-corrected chi connectivity index (χ4v) is 3.22. The number of rotatable bonds is 4. The van der Waals surface area contributed by atoms with Crippen molar-refractivity contribution in [1.29, 1.82) is 0 Å². The van der Waals surface area contributed by atoms with Gasteiger partial charge in [0, 0.05) is 22.8 Å². The van der Waals surface area contributed by atoms with Crippen molar-refractivity contribution >= 4 is 34.5 Å². The normalized spacial score (nSPS) is 13.3. The van der Waals surface area contributed by atoms with Gasteiger partial charge in [-0.3, -0.25) is 19.7 Å². The summed E-state index contributed by atoms with van der Waals surface area (Å²) in [6.45, 7) is 0. The third-order valence-electron chi connectivity index (χ3n) is 4.55. The molecule has 1 aliphatic heterocycles. The summed E-state index contributed by atoms with van der Waals surface area (Å²) in [5.41, 5.74) is 0.0877. The summed E-state index contributed by atoms with van der Waals surface area (Å²) < 4.78 is 4.87. The largest absolute Gasteiger partial charge is 0.865 e. The van der Waals surface area contributed by atoms with Crippen LogP contribution >= 0.6 is 0 Å². The highest BCUT2D eigenvalue weighted by Crippen LogP contribution is 2.34. The third kappa shape index (κ3) is 2.85. The van der Waals surface area contributed by atoms with Gasteiger partial charge in [0.2, 0.25) is 0 Å². The molecule has 3 aromatic rings. The van der Waals surface area contributed by atoms with Gasteiger partial charge >= 0.3 is 0 Å². The molecule has 1 heterocycles. The first-order chi connectivity index (χ1) is 13.9. The minimum atomic E-state index is -0.875. The molecule has 0 saturated carbocycles. The van der Waals surface area contributed by atoms with Crippen LogP contribution in [-0.2, 0) is 0 Å². The van der Waals surface area contributed by atoms with Crippen LogP contribution in [0.15, 0.2) is 53.6 Å². The number of hydrazone groups is 1. The van der Waals surface area contributed by atoms with Crippen molar-refractivity contribution in [2.45, 2.75) is 0 Å². The maximum atomic E-state index is 12.8. The van der Waals surface area contributed by atoms with E-state index < -0.39 is 28.2 Å². The molecule has 0 aliphatic carbocycles. The van der Waals surface area contributed by atoms with Gasteiger partial charge in [-0.25, -0.2) is 0 Å². The smallest absolute Gasteiger partial charge is 0.282 e. The van der Waals surface area contributed by atoms with Crippen LogP contribution in [0, 0.1) is 10.1 Å². The number of hydrogen-bond acceptors (Lipinski definition) is 7. The van der Waals surface area contributed by atoms with Gasteiger partial charge < -0.3 is 9.84 Å². The molecule has 0 spiro atoms. The van der Waals surface area contributed by atoms with Gasteiger partial charge in [-0.2, -0.15) is 10.1 Å². The lowest BCUT2D eigenvalue weighted by Crippen LogP contribution is -2.36. The predicted octanol–water partition coefficient (Wildman–Crippen LogP) is 2.46. The summed E-state index contributed by atoms with van der Waals surface area (Å²) >= 11 is 0. The van der Waals surface area contributed by atoms with Crippen LogP contribution in [-0.4, -0.2) is 35.1 Å². The summed E-state index contributed by atoms with van der Waals surface area (Å²) in [6.07, 6.45) is 1.10. The van der Waals surface area contributed by atoms with Crippen LogP contribution in [0.1, 0.15) is 26.3 Å². The second kappa shape index (κ2) is 6.71. The van der Waals surface area contributed by atoms with E-state index >= 15 is 0 Å². The molecule has 0 bridgehead atoms. The Morgan fingerprint density at radius 3 is 2.24 bits per heavy atom. The molecule has 0 atom stereocenters. The minimum Gasteiger partial charge on any atom is -0.865 e. The van der Waals surface area contributed by atoms with Crippen molar-refractivity contribution in [2.75, 3.05) is 7.11 Å². The van der Waals surface area contributed by atoms with Crippen molar-refractivity contribution < 1.29 is 24.4 Å². The topological polar surface area (TPSA) is 125 Å². The zero-order valence-electron chi connectivity index (χ0n) is 15.0. The van der Waals surface area contributed by atoms with Gasteiger partial charge in [0.15, 0.2) is 0 Å². The molecular formula is C20H12N3O6-. The van der Waals surface area contributed by atoms with E-state index in [9.17, 15) is 24.8 Å². The van der Waals surface area contributed by atoms with Gasteiger partial charge in [0.25, 0.3) is 17.5 Å². The number of nitro benzene ring substituents is 1. The monoisotopic (exact) mass is 390 g/mol. The van der Waals surface area contributed by atoms with E-state index in [0.717, 1.165) is 17.7 Å². The number of nitrogens with zero attached hydrogens (tertiary/aromatic N) is 3. The maximum absolute atomic E-state index is 12.8. The molecular weight excluding hydrogens is 378 g/mol. The number of carbonyl (C=O) groups excluding carboxylic acids is 2. The SMILES string of the molecule is COc1cc(/C=N\N2C(=O)c3cccc4cccc(c34)C2=O)cc([N+](=O)[O-])c1[O-]. The summed E-state index contributed by atoms with van der Waals surface area (Å²) in [4.78, 5) is 35.8. The average molecular weight is 390 g/mol. The summed E-state index contributed by atoms with van der Waals surface area (Å²) in [5, 5.41) is 29.0. The van der Waals surface area contributed by atoms with E-state index in [-0.39, 0.29) is 11.3 Å².